The molecule has 10 heteroatoms. The van der Waals surface area contributed by atoms with E-state index in [9.17, 15) is 14.7 Å². The standard InChI is InChI=1S/C25H38Cl2N4O4/c1-17-14-31(19(16-35-2)5-10-29-12-9-25(7-8-25)22(32)15-29)23(33)6-11-30(17)24(34)28-18-3-4-20(26)21(27)13-18/h3-4,17,19,21-22,32H,5-16H2,1-2H3,(H,28,34)/t17-,19+,21?,22+/m0/s1. The number of urea groups is 1. The largest absolute Gasteiger partial charge is 0.391 e. The molecule has 0 aromatic rings. The molecule has 2 aliphatic carbocycles. The number of amides is 3. The summed E-state index contributed by atoms with van der Waals surface area (Å²) in [5.41, 5.74) is 0.900. The lowest BCUT2D eigenvalue weighted by molar-refractivity contribution is -0.134. The highest BCUT2D eigenvalue weighted by Crippen LogP contribution is 2.53. The van der Waals surface area contributed by atoms with Crippen LogP contribution in [0.25, 0.3) is 0 Å². The van der Waals surface area contributed by atoms with Crippen LogP contribution in [0.5, 0.6) is 0 Å². The fourth-order valence-electron chi connectivity index (χ4n) is 5.54. The number of nitrogens with zero attached hydrogens (tertiary/aromatic N) is 3. The molecule has 2 aliphatic heterocycles. The molecule has 8 nitrogen and oxygen atoms in total. The van der Waals surface area contributed by atoms with E-state index in [0.29, 0.717) is 43.4 Å². The number of hydrogen-bond acceptors (Lipinski definition) is 5. The minimum absolute atomic E-state index is 0.0391. The molecule has 3 amide bonds. The van der Waals surface area contributed by atoms with E-state index in [4.69, 9.17) is 27.9 Å². The zero-order valence-electron chi connectivity index (χ0n) is 20.7. The van der Waals surface area contributed by atoms with E-state index in [1.165, 1.54) is 0 Å². The number of halogens is 2. The number of hydrogen-bond donors (Lipinski definition) is 2. The highest BCUT2D eigenvalue weighted by molar-refractivity contribution is 6.37. The third-order valence-corrected chi connectivity index (χ3v) is 8.98. The predicted octanol–water partition coefficient (Wildman–Crippen LogP) is 2.89. The number of ether oxygens (including phenoxy) is 1. The van der Waals surface area contributed by atoms with Crippen molar-refractivity contribution in [3.63, 3.8) is 0 Å². The van der Waals surface area contributed by atoms with Gasteiger partial charge in [0.05, 0.1) is 24.1 Å². The third kappa shape index (κ3) is 6.34. The van der Waals surface area contributed by atoms with Gasteiger partial charge >= 0.3 is 6.03 Å². The Morgan fingerprint density at radius 2 is 2.06 bits per heavy atom. The molecule has 4 aliphatic rings. The van der Waals surface area contributed by atoms with E-state index in [2.05, 4.69) is 10.2 Å². The van der Waals surface area contributed by atoms with E-state index in [-0.39, 0.29) is 47.3 Å². The lowest BCUT2D eigenvalue weighted by atomic mass is 9.90. The number of aliphatic hydroxyl groups is 1. The summed E-state index contributed by atoms with van der Waals surface area (Å²) in [6, 6.07) is -0.451. The lowest BCUT2D eigenvalue weighted by Crippen LogP contribution is -2.51. The maximum atomic E-state index is 13.1. The van der Waals surface area contributed by atoms with E-state index in [1.807, 2.05) is 11.8 Å². The SMILES string of the molecule is COC[C@@H](CCN1CCC2(CC2)[C@H](O)C1)N1C[C@H](C)N(C(=O)NC2=CC=C(Cl)C(Cl)C2)CCC1=O. The molecule has 3 fully saturated rings. The molecule has 0 radical (unpaired) electrons. The molecule has 4 rings (SSSR count). The highest BCUT2D eigenvalue weighted by atomic mass is 35.5. The number of aliphatic hydroxyl groups excluding tert-OH is 1. The number of rotatable bonds is 7. The normalized spacial score (nSPS) is 30.0. The van der Waals surface area contributed by atoms with Gasteiger partial charge in [0.15, 0.2) is 0 Å². The van der Waals surface area contributed by atoms with Crippen LogP contribution in [-0.4, -0.2) is 102 Å². The fourth-order valence-corrected chi connectivity index (χ4v) is 5.92. The van der Waals surface area contributed by atoms with Gasteiger partial charge in [-0.05, 0) is 56.7 Å². The Hall–Kier alpha value is -1.32. The van der Waals surface area contributed by atoms with Crippen molar-refractivity contribution >= 4 is 35.1 Å². The van der Waals surface area contributed by atoms with Crippen LogP contribution in [0.3, 0.4) is 0 Å². The van der Waals surface area contributed by atoms with E-state index < -0.39 is 0 Å². The summed E-state index contributed by atoms with van der Waals surface area (Å²) in [5.74, 6) is 0.0391. The topological polar surface area (TPSA) is 85.3 Å². The smallest absolute Gasteiger partial charge is 0.321 e. The van der Waals surface area contributed by atoms with E-state index >= 15 is 0 Å². The number of allylic oxidation sites excluding steroid dienone is 4. The van der Waals surface area contributed by atoms with Gasteiger partial charge in [0.25, 0.3) is 0 Å². The van der Waals surface area contributed by atoms with Gasteiger partial charge in [-0.15, -0.1) is 11.6 Å². The zero-order valence-corrected chi connectivity index (χ0v) is 22.2. The van der Waals surface area contributed by atoms with Crippen molar-refractivity contribution in [2.24, 2.45) is 5.41 Å². The first-order valence-corrected chi connectivity index (χ1v) is 13.5. The second-order valence-electron chi connectivity index (χ2n) is 10.5. The Bertz CT molecular complexity index is 862. The maximum absolute atomic E-state index is 13.1. The Kier molecular flexibility index (Phi) is 8.69. The molecule has 2 saturated heterocycles. The van der Waals surface area contributed by atoms with Gasteiger partial charge in [-0.3, -0.25) is 4.79 Å². The molecule has 2 N–H and O–H groups in total. The van der Waals surface area contributed by atoms with Crippen molar-refractivity contribution in [1.82, 2.24) is 20.0 Å². The van der Waals surface area contributed by atoms with Crippen molar-refractivity contribution in [2.75, 3.05) is 46.4 Å². The minimum Gasteiger partial charge on any atom is -0.391 e. The maximum Gasteiger partial charge on any atom is 0.321 e. The highest BCUT2D eigenvalue weighted by Gasteiger charge is 2.51. The van der Waals surface area contributed by atoms with Gasteiger partial charge in [-0.25, -0.2) is 4.79 Å². The number of likely N-dealkylation sites (tertiary alicyclic amines) is 1. The van der Waals surface area contributed by atoms with Crippen LogP contribution in [0.4, 0.5) is 4.79 Å². The van der Waals surface area contributed by atoms with Crippen molar-refractivity contribution in [3.05, 3.63) is 22.9 Å². The number of β-amino-alcohol motifs (C(OH)–C–C–N with tert-alkyl or cyclic N) is 1. The average Bonchev–Trinajstić information content (AvgIpc) is 3.62. The Morgan fingerprint density at radius 1 is 1.29 bits per heavy atom. The molecule has 1 saturated carbocycles. The average molecular weight is 530 g/mol. The second kappa shape index (κ2) is 11.4. The molecule has 1 spiro atoms. The number of carbonyl (C=O) groups is 2. The number of nitrogens with one attached hydrogen (secondary N) is 1. The van der Waals surface area contributed by atoms with Gasteiger partial charge in [-0.1, -0.05) is 11.6 Å². The molecule has 1 unspecified atom stereocenters. The van der Waals surface area contributed by atoms with Gasteiger partial charge < -0.3 is 29.9 Å². The van der Waals surface area contributed by atoms with Crippen molar-refractivity contribution < 1.29 is 19.4 Å². The zero-order chi connectivity index (χ0) is 25.2. The first kappa shape index (κ1) is 26.7. The van der Waals surface area contributed by atoms with E-state index in [0.717, 1.165) is 38.8 Å². The van der Waals surface area contributed by atoms with Crippen LogP contribution in [0.15, 0.2) is 22.9 Å². The molecule has 0 aromatic carbocycles. The molecule has 4 atom stereocenters. The van der Waals surface area contributed by atoms with Crippen LogP contribution in [0, 0.1) is 5.41 Å². The van der Waals surface area contributed by atoms with Crippen LogP contribution in [0.1, 0.15) is 45.4 Å². The van der Waals surface area contributed by atoms with Crippen LogP contribution in [0.2, 0.25) is 0 Å². The minimum atomic E-state index is -0.346. The Balaban J connectivity index is 1.34. The molecular formula is C25H38Cl2N4O4. The fraction of sp³-hybridized carbons (Fsp3) is 0.760. The molecule has 2 heterocycles. The van der Waals surface area contributed by atoms with Crippen molar-refractivity contribution in [1.29, 1.82) is 0 Å². The van der Waals surface area contributed by atoms with Gasteiger partial charge in [-0.2, -0.15) is 0 Å². The lowest BCUT2D eigenvalue weighted by Gasteiger charge is -2.38. The summed E-state index contributed by atoms with van der Waals surface area (Å²) in [4.78, 5) is 32.1. The first-order valence-electron chi connectivity index (χ1n) is 12.7. The van der Waals surface area contributed by atoms with Gasteiger partial charge in [0.2, 0.25) is 5.91 Å². The Morgan fingerprint density at radius 3 is 2.71 bits per heavy atom. The molecule has 0 aromatic heterocycles. The van der Waals surface area contributed by atoms with Gasteiger partial charge in [0, 0.05) is 62.9 Å². The summed E-state index contributed by atoms with van der Waals surface area (Å²) < 4.78 is 5.49. The van der Waals surface area contributed by atoms with Gasteiger partial charge in [0.1, 0.15) is 0 Å². The predicted molar refractivity (Wildman–Crippen MR) is 136 cm³/mol. The van der Waals surface area contributed by atoms with Crippen LogP contribution in [-0.2, 0) is 9.53 Å². The summed E-state index contributed by atoms with van der Waals surface area (Å²) in [5, 5.41) is 13.7. The van der Waals surface area contributed by atoms with E-state index in [1.54, 1.807) is 24.2 Å². The third-order valence-electron chi connectivity index (χ3n) is 8.08. The quantitative estimate of drug-likeness (QED) is 0.496. The van der Waals surface area contributed by atoms with Crippen LogP contribution >= 0.6 is 23.2 Å². The number of alkyl halides is 1. The number of piperidine rings is 1. The number of methoxy groups -OCH3 is 1. The van der Waals surface area contributed by atoms with Crippen LogP contribution < -0.4 is 5.32 Å². The number of carbonyl (C=O) groups excluding carboxylic acids is 2. The summed E-state index contributed by atoms with van der Waals surface area (Å²) in [6.07, 6.45) is 8.07. The first-order chi connectivity index (χ1) is 16.7. The summed E-state index contributed by atoms with van der Waals surface area (Å²) >= 11 is 12.3. The monoisotopic (exact) mass is 528 g/mol. The van der Waals surface area contributed by atoms with Crippen molar-refractivity contribution in [2.45, 2.75) is 69.0 Å². The molecule has 0 bridgehead atoms. The second-order valence-corrected chi connectivity index (χ2v) is 11.5. The molecular weight excluding hydrogens is 491 g/mol. The summed E-state index contributed by atoms with van der Waals surface area (Å²) in [7, 11) is 1.66. The summed E-state index contributed by atoms with van der Waals surface area (Å²) in [6.45, 7) is 5.74. The van der Waals surface area contributed by atoms with Crippen molar-refractivity contribution in [3.8, 4) is 0 Å². The molecule has 35 heavy (non-hydrogen) atoms. The Labute approximate surface area is 218 Å². The molecule has 196 valence electrons.